The molecule has 0 aliphatic rings. The van der Waals surface area contributed by atoms with Crippen LogP contribution in [-0.4, -0.2) is 11.9 Å². The van der Waals surface area contributed by atoms with Crippen molar-refractivity contribution in [3.63, 3.8) is 0 Å². The molecule has 0 saturated carbocycles. The van der Waals surface area contributed by atoms with Gasteiger partial charge in [-0.1, -0.05) is 46.1 Å². The van der Waals surface area contributed by atoms with E-state index in [9.17, 15) is 4.79 Å². The van der Waals surface area contributed by atoms with Crippen LogP contribution < -0.4 is 5.32 Å². The van der Waals surface area contributed by atoms with Gasteiger partial charge in [-0.25, -0.2) is 0 Å². The van der Waals surface area contributed by atoms with Crippen LogP contribution in [0.5, 0.6) is 0 Å². The maximum Gasteiger partial charge on any atom is 0.220 e. The fourth-order valence-electron chi connectivity index (χ4n) is 2.14. The highest BCUT2D eigenvalue weighted by atomic mass is 16.1. The topological polar surface area (TPSA) is 29.1 Å². The smallest absolute Gasteiger partial charge is 0.220 e. The van der Waals surface area contributed by atoms with Crippen LogP contribution in [0, 0.1) is 18.8 Å². The first-order valence-corrected chi connectivity index (χ1v) is 7.24. The van der Waals surface area contributed by atoms with Gasteiger partial charge in [0.1, 0.15) is 0 Å². The zero-order valence-electron chi connectivity index (χ0n) is 12.4. The molecule has 0 aromatic rings. The maximum absolute atomic E-state index is 11.8. The Bertz CT molecular complexity index is 235. The summed E-state index contributed by atoms with van der Waals surface area (Å²) in [5.74, 6) is 0.920. The lowest BCUT2D eigenvalue weighted by atomic mass is 9.95. The van der Waals surface area contributed by atoms with Crippen LogP contribution in [0.4, 0.5) is 0 Å². The van der Waals surface area contributed by atoms with Crippen LogP contribution in [0.15, 0.2) is 12.7 Å². The fourth-order valence-corrected chi connectivity index (χ4v) is 2.14. The molecule has 0 aliphatic heterocycles. The summed E-state index contributed by atoms with van der Waals surface area (Å²) in [6.45, 7) is 14.3. The van der Waals surface area contributed by atoms with Gasteiger partial charge >= 0.3 is 0 Å². The molecule has 2 nitrogen and oxygen atoms in total. The van der Waals surface area contributed by atoms with Crippen molar-refractivity contribution in [3.8, 4) is 0 Å². The first-order chi connectivity index (χ1) is 8.49. The van der Waals surface area contributed by atoms with Crippen molar-refractivity contribution in [1.29, 1.82) is 0 Å². The van der Waals surface area contributed by atoms with Crippen molar-refractivity contribution in [2.75, 3.05) is 0 Å². The molecule has 0 aliphatic carbocycles. The number of hydrogen-bond acceptors (Lipinski definition) is 1. The summed E-state index contributed by atoms with van der Waals surface area (Å²) in [5, 5.41) is 3.03. The van der Waals surface area contributed by atoms with Crippen molar-refractivity contribution >= 4 is 5.91 Å². The minimum Gasteiger partial charge on any atom is -0.350 e. The second-order valence-corrected chi connectivity index (χ2v) is 5.61. The minimum atomic E-state index is 0.108. The lowest BCUT2D eigenvalue weighted by Gasteiger charge is -2.17. The molecule has 0 aromatic heterocycles. The average molecular weight is 252 g/mol. The first kappa shape index (κ1) is 17.2. The van der Waals surface area contributed by atoms with Crippen molar-refractivity contribution in [2.45, 2.75) is 65.3 Å². The zero-order chi connectivity index (χ0) is 14.0. The summed E-state index contributed by atoms with van der Waals surface area (Å²) in [6, 6.07) is 0.121. The Morgan fingerprint density at radius 1 is 1.33 bits per heavy atom. The van der Waals surface area contributed by atoms with E-state index in [4.69, 9.17) is 0 Å². The normalized spacial score (nSPS) is 14.3. The van der Waals surface area contributed by atoms with Crippen LogP contribution in [0.3, 0.4) is 0 Å². The molecule has 0 aromatic carbocycles. The molecule has 1 N–H and O–H groups in total. The number of nitrogens with one attached hydrogen (secondary N) is 1. The lowest BCUT2D eigenvalue weighted by molar-refractivity contribution is -0.122. The van der Waals surface area contributed by atoms with Gasteiger partial charge in [-0.3, -0.25) is 4.79 Å². The summed E-state index contributed by atoms with van der Waals surface area (Å²) < 4.78 is 0. The van der Waals surface area contributed by atoms with E-state index in [1.165, 1.54) is 12.8 Å². The molecule has 0 fully saturated rings. The summed E-state index contributed by atoms with van der Waals surface area (Å²) in [5.41, 5.74) is 0. The Labute approximate surface area is 113 Å². The van der Waals surface area contributed by atoms with E-state index < -0.39 is 0 Å². The zero-order valence-corrected chi connectivity index (χ0v) is 12.4. The molecule has 2 heteroatoms. The molecule has 0 heterocycles. The van der Waals surface area contributed by atoms with E-state index >= 15 is 0 Å². The number of carbonyl (C=O) groups is 1. The molecule has 18 heavy (non-hydrogen) atoms. The second kappa shape index (κ2) is 10.2. The largest absolute Gasteiger partial charge is 0.350 e. The van der Waals surface area contributed by atoms with Crippen LogP contribution in [0.2, 0.25) is 0 Å². The molecule has 2 atom stereocenters. The summed E-state index contributed by atoms with van der Waals surface area (Å²) in [7, 11) is 0. The maximum atomic E-state index is 11.8. The van der Waals surface area contributed by atoms with Crippen LogP contribution >= 0.6 is 0 Å². The summed E-state index contributed by atoms with van der Waals surface area (Å²) >= 11 is 0. The van der Waals surface area contributed by atoms with Crippen molar-refractivity contribution < 1.29 is 4.79 Å². The van der Waals surface area contributed by atoms with Gasteiger partial charge in [-0.05, 0) is 31.6 Å². The molecule has 0 saturated heterocycles. The minimum absolute atomic E-state index is 0.108. The third-order valence-electron chi connectivity index (χ3n) is 3.03. The second-order valence-electron chi connectivity index (χ2n) is 5.61. The Kier molecular flexibility index (Phi) is 9.72. The number of unbranched alkanes of at least 4 members (excludes halogenated alkanes) is 2. The van der Waals surface area contributed by atoms with Gasteiger partial charge in [-0.2, -0.15) is 0 Å². The third kappa shape index (κ3) is 9.26. The molecule has 0 rings (SSSR count). The highest BCUT2D eigenvalue weighted by molar-refractivity contribution is 5.76. The van der Waals surface area contributed by atoms with Crippen molar-refractivity contribution in [3.05, 3.63) is 19.6 Å². The first-order valence-electron chi connectivity index (χ1n) is 7.24. The quantitative estimate of drug-likeness (QED) is 0.460. The standard InChI is InChI=1S/C16H30NO/c1-6-8-9-10-15(7-2)17-16(18)12-14(5)11-13(3)4/h7,13-15H,2,5-6,8-12H2,1,3-4H3,(H,17,18)/t14-,15+/m0/s1. The Morgan fingerprint density at radius 3 is 2.50 bits per heavy atom. The SMILES string of the molecule is [CH2][C@H](CC(=O)N[C@H](C=C)CCCCC)CC(C)C. The highest BCUT2D eigenvalue weighted by Gasteiger charge is 2.13. The van der Waals surface area contributed by atoms with Gasteiger partial charge in [0.15, 0.2) is 0 Å². The van der Waals surface area contributed by atoms with E-state index in [0.717, 1.165) is 19.3 Å². The van der Waals surface area contributed by atoms with Crippen LogP contribution in [0.25, 0.3) is 0 Å². The van der Waals surface area contributed by atoms with Crippen LogP contribution in [-0.2, 0) is 4.79 Å². The number of amides is 1. The van der Waals surface area contributed by atoms with Gasteiger partial charge in [0.2, 0.25) is 5.91 Å². The monoisotopic (exact) mass is 252 g/mol. The summed E-state index contributed by atoms with van der Waals surface area (Å²) in [4.78, 5) is 11.8. The van der Waals surface area contributed by atoms with E-state index in [-0.39, 0.29) is 17.9 Å². The third-order valence-corrected chi connectivity index (χ3v) is 3.03. The van der Waals surface area contributed by atoms with E-state index in [1.54, 1.807) is 0 Å². The Morgan fingerprint density at radius 2 is 2.00 bits per heavy atom. The number of carbonyl (C=O) groups excluding carboxylic acids is 1. The van der Waals surface area contributed by atoms with E-state index in [0.29, 0.717) is 12.3 Å². The molecular formula is C16H30NO. The number of hydrogen-bond donors (Lipinski definition) is 1. The average Bonchev–Trinajstić information content (AvgIpc) is 2.26. The van der Waals surface area contributed by atoms with Gasteiger partial charge in [0.05, 0.1) is 0 Å². The predicted molar refractivity (Wildman–Crippen MR) is 79.2 cm³/mol. The van der Waals surface area contributed by atoms with Crippen molar-refractivity contribution in [2.24, 2.45) is 11.8 Å². The van der Waals surface area contributed by atoms with E-state index in [2.05, 4.69) is 39.6 Å². The van der Waals surface area contributed by atoms with Crippen molar-refractivity contribution in [1.82, 2.24) is 5.32 Å². The molecule has 1 amide bonds. The summed E-state index contributed by atoms with van der Waals surface area (Å²) in [6.07, 6.45) is 7.92. The molecule has 105 valence electrons. The molecule has 0 spiro atoms. The molecule has 0 bridgehead atoms. The Hall–Kier alpha value is -0.790. The highest BCUT2D eigenvalue weighted by Crippen LogP contribution is 2.14. The molecular weight excluding hydrogens is 222 g/mol. The predicted octanol–water partition coefficient (Wildman–Crippen LogP) is 4.12. The molecule has 0 unspecified atom stereocenters. The fraction of sp³-hybridized carbons (Fsp3) is 0.750. The van der Waals surface area contributed by atoms with E-state index in [1.807, 2.05) is 6.08 Å². The van der Waals surface area contributed by atoms with Gasteiger partial charge in [0, 0.05) is 12.5 Å². The van der Waals surface area contributed by atoms with Gasteiger partial charge in [-0.15, -0.1) is 6.58 Å². The molecule has 1 radical (unpaired) electrons. The van der Waals surface area contributed by atoms with Gasteiger partial charge in [0.25, 0.3) is 0 Å². The lowest BCUT2D eigenvalue weighted by Crippen LogP contribution is -2.34. The number of rotatable bonds is 10. The Balaban J connectivity index is 3.91. The van der Waals surface area contributed by atoms with Crippen LogP contribution in [0.1, 0.15) is 59.3 Å². The van der Waals surface area contributed by atoms with Gasteiger partial charge < -0.3 is 5.32 Å².